The average Bonchev–Trinajstić information content (AvgIpc) is 1.33. The Labute approximate surface area is 45.3 Å². The van der Waals surface area contributed by atoms with Crippen LogP contribution in [0.3, 0.4) is 0 Å². The molecule has 0 saturated heterocycles. The van der Waals surface area contributed by atoms with Crippen LogP contribution in [-0.4, -0.2) is 5.24 Å². The first-order chi connectivity index (χ1) is 3.15. The van der Waals surface area contributed by atoms with Crippen LogP contribution in [0.5, 0.6) is 0 Å². The monoisotopic (exact) mass is 119 g/mol. The highest BCUT2D eigenvalue weighted by atomic mass is 32.1. The molecule has 0 unspecified atom stereocenters. The summed E-state index contributed by atoms with van der Waals surface area (Å²) in [7, 11) is 0. The summed E-state index contributed by atoms with van der Waals surface area (Å²) >= 11 is 3.10. The molecule has 0 aliphatic rings. The Bertz CT molecular complexity index is 79.7. The van der Waals surface area contributed by atoms with E-state index in [-0.39, 0.29) is 0 Å². The van der Waals surface area contributed by atoms with E-state index in [9.17, 15) is 0 Å². The summed E-state index contributed by atoms with van der Waals surface area (Å²) in [5.41, 5.74) is 17.8. The van der Waals surface area contributed by atoms with Crippen molar-refractivity contribution in [2.75, 3.05) is 0 Å². The van der Waals surface area contributed by atoms with Crippen molar-refractivity contribution in [2.24, 2.45) is 5.73 Å². The van der Waals surface area contributed by atoms with E-state index in [4.69, 9.17) is 15.9 Å². The van der Waals surface area contributed by atoms with Gasteiger partial charge >= 0.3 is 0 Å². The second kappa shape index (κ2) is 8.93. The van der Waals surface area contributed by atoms with E-state index in [0.29, 0.717) is 0 Å². The molecule has 6 heteroatoms. The van der Waals surface area contributed by atoms with Crippen molar-refractivity contribution >= 4 is 17.9 Å². The fourth-order valence-electron chi connectivity index (χ4n) is 0. The molecule has 1 amide bonds. The van der Waals surface area contributed by atoms with Gasteiger partial charge in [-0.3, -0.25) is 9.71 Å². The van der Waals surface area contributed by atoms with Gasteiger partial charge in [-0.05, 0) is 0 Å². The molecule has 0 saturated carbocycles. The van der Waals surface area contributed by atoms with Gasteiger partial charge in [0, 0.05) is 0 Å². The number of hydrogen-bond acceptors (Lipinski definition) is 1. The standard InChI is InChI=1S/CH3NOS.N3/c2-1(3)4;1-3-2/h(H3,2,3,4);/q;-1. The molecule has 0 aromatic rings. The van der Waals surface area contributed by atoms with Crippen LogP contribution in [0.25, 0.3) is 16.0 Å². The average molecular weight is 119 g/mol. The first kappa shape index (κ1) is 9.46. The summed E-state index contributed by atoms with van der Waals surface area (Å²) in [6.07, 6.45) is 0. The van der Waals surface area contributed by atoms with Crippen LogP contribution >= 0.6 is 12.6 Å². The van der Waals surface area contributed by atoms with Gasteiger partial charge in [0.05, 0.1) is 0 Å². The van der Waals surface area contributed by atoms with E-state index in [1.54, 1.807) is 0 Å². The molecular weight excluding hydrogens is 116 g/mol. The van der Waals surface area contributed by atoms with Crippen molar-refractivity contribution in [3.63, 3.8) is 0 Å². The summed E-state index contributed by atoms with van der Waals surface area (Å²) in [4.78, 5) is 10.6. The number of nitrogens with zero attached hydrogens (tertiary/aromatic N) is 3. The van der Waals surface area contributed by atoms with Crippen molar-refractivity contribution in [1.82, 2.24) is 0 Å². The first-order valence-corrected chi connectivity index (χ1v) is 1.56. The Hall–Kier alpha value is -0.870. The van der Waals surface area contributed by atoms with Crippen molar-refractivity contribution in [2.45, 2.75) is 0 Å². The SMILES string of the molecule is NC(=O)S.[N-]=[N+]=[N-]. The molecule has 0 spiro atoms. The van der Waals surface area contributed by atoms with Gasteiger partial charge in [-0.1, -0.05) is 12.6 Å². The molecule has 0 aromatic carbocycles. The molecule has 0 radical (unpaired) electrons. The molecule has 0 bridgehead atoms. The molecule has 0 rings (SSSR count). The van der Waals surface area contributed by atoms with Gasteiger partial charge in [-0.15, -0.1) is 0 Å². The third-order valence-corrected chi connectivity index (χ3v) is 0. The van der Waals surface area contributed by atoms with E-state index in [1.165, 1.54) is 4.91 Å². The lowest BCUT2D eigenvalue weighted by molar-refractivity contribution is 0.267. The van der Waals surface area contributed by atoms with Crippen LogP contribution in [-0.2, 0) is 0 Å². The number of primary amides is 1. The summed E-state index contributed by atoms with van der Waals surface area (Å²) in [6.45, 7) is 0. The number of carbonyl (C=O) groups excluding carboxylic acids is 1. The fourth-order valence-corrected chi connectivity index (χ4v) is 0. The minimum atomic E-state index is -0.639. The van der Waals surface area contributed by atoms with Crippen LogP contribution in [0.1, 0.15) is 0 Å². The summed E-state index contributed by atoms with van der Waals surface area (Å²) in [5, 5.41) is -0.639. The Kier molecular flexibility index (Phi) is 12.1. The number of nitrogens with two attached hydrogens (primary N) is 1. The maximum Gasteiger partial charge on any atom is 0.273 e. The number of amides is 1. The summed E-state index contributed by atoms with van der Waals surface area (Å²) in [5.74, 6) is 0. The molecule has 40 valence electrons. The number of thiol groups is 1. The van der Waals surface area contributed by atoms with Crippen LogP contribution in [0, 0.1) is 0 Å². The maximum absolute atomic E-state index is 9.09. The molecule has 0 aliphatic heterocycles. The zero-order chi connectivity index (χ0) is 6.28. The molecular formula is CH3N4OS-. The van der Waals surface area contributed by atoms with Gasteiger partial charge in [0.1, 0.15) is 0 Å². The van der Waals surface area contributed by atoms with Gasteiger partial charge in [-0.2, -0.15) is 0 Å². The van der Waals surface area contributed by atoms with Crippen molar-refractivity contribution in [1.29, 1.82) is 0 Å². The number of carbonyl (C=O) groups is 1. The van der Waals surface area contributed by atoms with E-state index >= 15 is 0 Å². The lowest BCUT2D eigenvalue weighted by Crippen LogP contribution is -1.95. The topological polar surface area (TPSA) is 102 Å². The Morgan fingerprint density at radius 3 is 1.71 bits per heavy atom. The highest BCUT2D eigenvalue weighted by Gasteiger charge is 1.63. The molecule has 0 aromatic heterocycles. The lowest BCUT2D eigenvalue weighted by Gasteiger charge is -1.58. The van der Waals surface area contributed by atoms with E-state index in [0.717, 1.165) is 0 Å². The summed E-state index contributed by atoms with van der Waals surface area (Å²) < 4.78 is 0. The fraction of sp³-hybridized carbons (Fsp3) is 0. The van der Waals surface area contributed by atoms with Gasteiger partial charge < -0.3 is 16.8 Å². The first-order valence-electron chi connectivity index (χ1n) is 1.12. The number of rotatable bonds is 0. The predicted octanol–water partition coefficient (Wildman–Crippen LogP) is 0.861. The third-order valence-electron chi connectivity index (χ3n) is 0. The molecule has 7 heavy (non-hydrogen) atoms. The number of hydrogen-bond donors (Lipinski definition) is 2. The van der Waals surface area contributed by atoms with Crippen LogP contribution in [0.2, 0.25) is 0 Å². The van der Waals surface area contributed by atoms with E-state index in [1.807, 2.05) is 0 Å². The highest BCUT2D eigenvalue weighted by Crippen LogP contribution is 1.60. The van der Waals surface area contributed by atoms with Crippen LogP contribution in [0.4, 0.5) is 4.79 Å². The second-order valence-electron chi connectivity index (χ2n) is 0.428. The van der Waals surface area contributed by atoms with Gasteiger partial charge in [0.2, 0.25) is 0 Å². The van der Waals surface area contributed by atoms with Crippen molar-refractivity contribution in [3.8, 4) is 0 Å². The minimum Gasteiger partial charge on any atom is -0.373 e. The molecule has 5 nitrogen and oxygen atoms in total. The van der Waals surface area contributed by atoms with Crippen molar-refractivity contribution in [3.05, 3.63) is 16.0 Å². The Morgan fingerprint density at radius 2 is 1.71 bits per heavy atom. The molecule has 0 heterocycles. The van der Waals surface area contributed by atoms with E-state index < -0.39 is 5.24 Å². The van der Waals surface area contributed by atoms with Crippen molar-refractivity contribution < 1.29 is 4.79 Å². The highest BCUT2D eigenvalue weighted by molar-refractivity contribution is 7.96. The van der Waals surface area contributed by atoms with E-state index in [2.05, 4.69) is 18.4 Å². The largest absolute Gasteiger partial charge is 0.373 e. The second-order valence-corrected chi connectivity index (χ2v) is 0.868. The third kappa shape index (κ3) is 66.4. The zero-order valence-electron chi connectivity index (χ0n) is 3.27. The molecule has 0 atom stereocenters. The molecule has 0 fully saturated rings. The Morgan fingerprint density at radius 1 is 1.71 bits per heavy atom. The minimum absolute atomic E-state index is 0.639. The quantitative estimate of drug-likeness (QED) is 0.210. The summed E-state index contributed by atoms with van der Waals surface area (Å²) in [6, 6.07) is 0. The molecule has 0 aliphatic carbocycles. The van der Waals surface area contributed by atoms with Gasteiger partial charge in [-0.25, -0.2) is 0 Å². The normalized spacial score (nSPS) is 4.71. The van der Waals surface area contributed by atoms with Crippen LogP contribution < -0.4 is 5.73 Å². The smallest absolute Gasteiger partial charge is 0.273 e. The van der Waals surface area contributed by atoms with Gasteiger partial charge in [0.15, 0.2) is 0 Å². The Balaban J connectivity index is 0. The van der Waals surface area contributed by atoms with Gasteiger partial charge in [0.25, 0.3) is 5.24 Å². The predicted molar refractivity (Wildman–Crippen MR) is 28.6 cm³/mol. The van der Waals surface area contributed by atoms with Crippen LogP contribution in [0.15, 0.2) is 0 Å². The zero-order valence-corrected chi connectivity index (χ0v) is 4.17. The lowest BCUT2D eigenvalue weighted by atomic mass is 11.5. The molecule has 2 N–H and O–H groups in total. The maximum atomic E-state index is 9.09.